The zero-order chi connectivity index (χ0) is 12.6. The number of hydrogen-bond acceptors (Lipinski definition) is 2. The Kier molecular flexibility index (Phi) is 3.43. The number of anilines is 1. The van der Waals surface area contributed by atoms with Gasteiger partial charge in [-0.2, -0.15) is 0 Å². The monoisotopic (exact) mass is 252 g/mol. The minimum atomic E-state index is -0.157. The van der Waals surface area contributed by atoms with E-state index in [0.29, 0.717) is 10.7 Å². The van der Waals surface area contributed by atoms with Crippen molar-refractivity contribution in [1.82, 2.24) is 0 Å². The first-order chi connectivity index (χ1) is 8.00. The summed E-state index contributed by atoms with van der Waals surface area (Å²) in [5.74, 6) is 1.04. The van der Waals surface area contributed by atoms with Gasteiger partial charge >= 0.3 is 0 Å². The van der Waals surface area contributed by atoms with Crippen molar-refractivity contribution in [3.05, 3.63) is 29.1 Å². The van der Waals surface area contributed by atoms with Gasteiger partial charge in [0.2, 0.25) is 0 Å². The highest BCUT2D eigenvalue weighted by Crippen LogP contribution is 2.33. The zero-order valence-corrected chi connectivity index (χ0v) is 11.2. The number of halogens is 1. The van der Waals surface area contributed by atoms with Gasteiger partial charge in [-0.3, -0.25) is 5.41 Å². The van der Waals surface area contributed by atoms with Crippen molar-refractivity contribution in [1.29, 1.82) is 5.41 Å². The van der Waals surface area contributed by atoms with E-state index in [1.807, 2.05) is 11.0 Å². The third kappa shape index (κ3) is 2.32. The fourth-order valence-corrected chi connectivity index (χ4v) is 2.83. The SMILES string of the molecule is Cc1cc(N2CCSC2=N)c(C(C)C)cc1F. The number of nitrogens with zero attached hydrogens (tertiary/aromatic N) is 1. The predicted octanol–water partition coefficient (Wildman–Crippen LogP) is 3.75. The highest BCUT2D eigenvalue weighted by molar-refractivity contribution is 8.14. The van der Waals surface area contributed by atoms with E-state index in [-0.39, 0.29) is 11.7 Å². The van der Waals surface area contributed by atoms with Crippen LogP contribution in [0.1, 0.15) is 30.9 Å². The molecule has 17 heavy (non-hydrogen) atoms. The van der Waals surface area contributed by atoms with E-state index in [4.69, 9.17) is 5.41 Å². The molecule has 92 valence electrons. The van der Waals surface area contributed by atoms with Gasteiger partial charge in [0.15, 0.2) is 5.17 Å². The van der Waals surface area contributed by atoms with Crippen molar-refractivity contribution >= 4 is 22.6 Å². The second-order valence-electron chi connectivity index (χ2n) is 4.62. The maximum atomic E-state index is 13.6. The van der Waals surface area contributed by atoms with Crippen LogP contribution in [0.5, 0.6) is 0 Å². The lowest BCUT2D eigenvalue weighted by Gasteiger charge is -2.23. The summed E-state index contributed by atoms with van der Waals surface area (Å²) in [6, 6.07) is 3.48. The molecule has 1 heterocycles. The average Bonchev–Trinajstić information content (AvgIpc) is 2.67. The molecule has 2 rings (SSSR count). The van der Waals surface area contributed by atoms with Crippen LogP contribution in [0.2, 0.25) is 0 Å². The number of aryl methyl sites for hydroxylation is 1. The molecule has 0 amide bonds. The van der Waals surface area contributed by atoms with Crippen molar-refractivity contribution in [2.24, 2.45) is 0 Å². The lowest BCUT2D eigenvalue weighted by molar-refractivity contribution is 0.614. The first-order valence-corrected chi connectivity index (χ1v) is 6.78. The van der Waals surface area contributed by atoms with Gasteiger partial charge in [-0.1, -0.05) is 25.6 Å². The fraction of sp³-hybridized carbons (Fsp3) is 0.462. The standard InChI is InChI=1S/C13H17FN2S/c1-8(2)10-7-11(14)9(3)6-12(10)16-4-5-17-13(16)15/h6-8,15H,4-5H2,1-3H3. The quantitative estimate of drug-likeness (QED) is 0.868. The van der Waals surface area contributed by atoms with Crippen LogP contribution in [0.4, 0.5) is 10.1 Å². The second kappa shape index (κ2) is 4.69. The van der Waals surface area contributed by atoms with Gasteiger partial charge in [0.1, 0.15) is 5.82 Å². The third-order valence-corrected chi connectivity index (χ3v) is 3.90. The molecule has 1 aromatic carbocycles. The summed E-state index contributed by atoms with van der Waals surface area (Å²) in [5, 5.41) is 8.47. The maximum absolute atomic E-state index is 13.6. The van der Waals surface area contributed by atoms with Gasteiger partial charge in [-0.15, -0.1) is 0 Å². The molecule has 1 N–H and O–H groups in total. The van der Waals surface area contributed by atoms with Crippen LogP contribution in [0.25, 0.3) is 0 Å². The smallest absolute Gasteiger partial charge is 0.160 e. The minimum Gasteiger partial charge on any atom is -0.320 e. The average molecular weight is 252 g/mol. The molecular weight excluding hydrogens is 235 g/mol. The molecule has 1 aliphatic heterocycles. The number of thioether (sulfide) groups is 1. The summed E-state index contributed by atoms with van der Waals surface area (Å²) in [6.45, 7) is 6.73. The fourth-order valence-electron chi connectivity index (χ4n) is 2.02. The van der Waals surface area contributed by atoms with Gasteiger partial charge < -0.3 is 4.90 Å². The van der Waals surface area contributed by atoms with E-state index in [2.05, 4.69) is 13.8 Å². The Hall–Kier alpha value is -1.03. The van der Waals surface area contributed by atoms with Gasteiger partial charge in [-0.05, 0) is 36.1 Å². The molecule has 0 spiro atoms. The Bertz CT molecular complexity index is 457. The van der Waals surface area contributed by atoms with Crippen LogP contribution in [-0.2, 0) is 0 Å². The molecule has 0 unspecified atom stereocenters. The zero-order valence-electron chi connectivity index (χ0n) is 10.4. The van der Waals surface area contributed by atoms with Crippen molar-refractivity contribution in [2.45, 2.75) is 26.7 Å². The van der Waals surface area contributed by atoms with Crippen LogP contribution in [0.3, 0.4) is 0 Å². The third-order valence-electron chi connectivity index (χ3n) is 3.02. The molecular formula is C13H17FN2S. The van der Waals surface area contributed by atoms with E-state index >= 15 is 0 Å². The number of nitrogens with one attached hydrogen (secondary N) is 1. The van der Waals surface area contributed by atoms with Crippen LogP contribution in [0.15, 0.2) is 12.1 Å². The van der Waals surface area contributed by atoms with Crippen LogP contribution in [0, 0.1) is 18.2 Å². The minimum absolute atomic E-state index is 0.157. The summed E-state index contributed by atoms with van der Waals surface area (Å²) >= 11 is 1.55. The van der Waals surface area contributed by atoms with Crippen molar-refractivity contribution in [3.8, 4) is 0 Å². The van der Waals surface area contributed by atoms with Crippen molar-refractivity contribution in [3.63, 3.8) is 0 Å². The molecule has 1 aliphatic rings. The Labute approximate surface area is 106 Å². The first kappa shape index (κ1) is 12.4. The molecule has 1 saturated heterocycles. The van der Waals surface area contributed by atoms with E-state index in [1.165, 1.54) is 0 Å². The highest BCUT2D eigenvalue weighted by atomic mass is 32.2. The van der Waals surface area contributed by atoms with E-state index in [9.17, 15) is 4.39 Å². The van der Waals surface area contributed by atoms with E-state index in [0.717, 1.165) is 23.5 Å². The van der Waals surface area contributed by atoms with Gasteiger partial charge in [0.05, 0.1) is 0 Å². The maximum Gasteiger partial charge on any atom is 0.160 e. The molecule has 1 fully saturated rings. The van der Waals surface area contributed by atoms with Crippen LogP contribution < -0.4 is 4.90 Å². The number of rotatable bonds is 2. The van der Waals surface area contributed by atoms with Crippen molar-refractivity contribution < 1.29 is 4.39 Å². The molecule has 0 radical (unpaired) electrons. The van der Waals surface area contributed by atoms with E-state index in [1.54, 1.807) is 24.8 Å². The van der Waals surface area contributed by atoms with Gasteiger partial charge in [0, 0.05) is 18.0 Å². The summed E-state index contributed by atoms with van der Waals surface area (Å²) in [7, 11) is 0. The normalized spacial score (nSPS) is 16.1. The predicted molar refractivity (Wildman–Crippen MR) is 72.8 cm³/mol. The molecule has 4 heteroatoms. The second-order valence-corrected chi connectivity index (χ2v) is 5.70. The lowest BCUT2D eigenvalue weighted by atomic mass is 9.98. The molecule has 0 aliphatic carbocycles. The summed E-state index contributed by atoms with van der Waals surface area (Å²) < 4.78 is 13.6. The van der Waals surface area contributed by atoms with Gasteiger partial charge in [0.25, 0.3) is 0 Å². The lowest BCUT2D eigenvalue weighted by Crippen LogP contribution is -2.24. The van der Waals surface area contributed by atoms with Crippen LogP contribution in [-0.4, -0.2) is 17.5 Å². The van der Waals surface area contributed by atoms with Gasteiger partial charge in [-0.25, -0.2) is 4.39 Å². The van der Waals surface area contributed by atoms with E-state index < -0.39 is 0 Å². The number of amidine groups is 1. The molecule has 0 atom stereocenters. The summed E-state index contributed by atoms with van der Waals surface area (Å²) in [4.78, 5) is 1.98. The Morgan fingerprint density at radius 3 is 2.65 bits per heavy atom. The molecule has 2 nitrogen and oxygen atoms in total. The Balaban J connectivity index is 2.51. The molecule has 0 aromatic heterocycles. The largest absolute Gasteiger partial charge is 0.320 e. The Morgan fingerprint density at radius 2 is 2.12 bits per heavy atom. The molecule has 0 saturated carbocycles. The number of benzene rings is 1. The summed E-state index contributed by atoms with van der Waals surface area (Å²) in [6.07, 6.45) is 0. The topological polar surface area (TPSA) is 27.1 Å². The molecule has 0 bridgehead atoms. The highest BCUT2D eigenvalue weighted by Gasteiger charge is 2.23. The molecule has 1 aromatic rings. The number of hydrogen-bond donors (Lipinski definition) is 1. The first-order valence-electron chi connectivity index (χ1n) is 5.79. The van der Waals surface area contributed by atoms with Crippen molar-refractivity contribution in [2.75, 3.05) is 17.2 Å². The Morgan fingerprint density at radius 1 is 1.41 bits per heavy atom. The van der Waals surface area contributed by atoms with Crippen LogP contribution >= 0.6 is 11.8 Å². The summed E-state index contributed by atoms with van der Waals surface area (Å²) in [5.41, 5.74) is 2.63.